The van der Waals surface area contributed by atoms with Crippen molar-refractivity contribution in [1.82, 2.24) is 9.29 Å². The van der Waals surface area contributed by atoms with Crippen LogP contribution in [0.5, 0.6) is 0 Å². The van der Waals surface area contributed by atoms with Crippen LogP contribution in [0.3, 0.4) is 0 Å². The van der Waals surface area contributed by atoms with Gasteiger partial charge in [0.25, 0.3) is 0 Å². The number of nitrogens with zero attached hydrogens (tertiary/aromatic N) is 2. The molecule has 0 N–H and O–H groups in total. The zero-order chi connectivity index (χ0) is 16.3. The summed E-state index contributed by atoms with van der Waals surface area (Å²) < 4.78 is 27.0. The molecule has 1 atom stereocenters. The predicted molar refractivity (Wildman–Crippen MR) is 94.0 cm³/mol. The van der Waals surface area contributed by atoms with Gasteiger partial charge in [-0.1, -0.05) is 24.3 Å². The number of benzene rings is 1. The molecule has 0 saturated carbocycles. The van der Waals surface area contributed by atoms with Crippen LogP contribution in [0, 0.1) is 6.92 Å². The van der Waals surface area contributed by atoms with Crippen LogP contribution in [0.15, 0.2) is 53.7 Å². The van der Waals surface area contributed by atoms with Crippen molar-refractivity contribution in [2.75, 3.05) is 18.8 Å². The van der Waals surface area contributed by atoms with Gasteiger partial charge in [-0.2, -0.15) is 16.1 Å². The summed E-state index contributed by atoms with van der Waals surface area (Å²) in [5.74, 6) is 0.804. The van der Waals surface area contributed by atoms with Gasteiger partial charge in [-0.15, -0.1) is 0 Å². The lowest BCUT2D eigenvalue weighted by atomic mass is 10.0. The predicted octanol–water partition coefficient (Wildman–Crippen LogP) is 3.26. The Morgan fingerprint density at radius 3 is 2.74 bits per heavy atom. The Kier molecular flexibility index (Phi) is 5.04. The minimum Gasteiger partial charge on any atom is -0.263 e. The Morgan fingerprint density at radius 1 is 1.17 bits per heavy atom. The maximum Gasteiger partial charge on any atom is 0.244 e. The first-order valence-corrected chi connectivity index (χ1v) is 10.2. The molecular formula is C17H20N2O2S2. The molecule has 6 heteroatoms. The third kappa shape index (κ3) is 3.59. The van der Waals surface area contributed by atoms with Crippen LogP contribution in [0.1, 0.15) is 22.8 Å². The van der Waals surface area contributed by atoms with Crippen LogP contribution in [0.25, 0.3) is 0 Å². The molecule has 2 aromatic rings. The van der Waals surface area contributed by atoms with Crippen LogP contribution in [-0.2, 0) is 10.0 Å². The molecule has 1 aliphatic rings. The fourth-order valence-corrected chi connectivity index (χ4v) is 5.70. The summed E-state index contributed by atoms with van der Waals surface area (Å²) in [5, 5.41) is 0.352. The third-order valence-corrected chi connectivity index (χ3v) is 7.30. The maximum atomic E-state index is 12.7. The fourth-order valence-electron chi connectivity index (χ4n) is 2.84. The molecule has 0 spiro atoms. The van der Waals surface area contributed by atoms with Crippen molar-refractivity contribution in [3.8, 4) is 0 Å². The van der Waals surface area contributed by atoms with E-state index < -0.39 is 10.0 Å². The Labute approximate surface area is 142 Å². The van der Waals surface area contributed by atoms with Gasteiger partial charge >= 0.3 is 0 Å². The van der Waals surface area contributed by atoms with E-state index in [1.165, 1.54) is 17.3 Å². The van der Waals surface area contributed by atoms with E-state index in [1.54, 1.807) is 22.6 Å². The number of hydrogen-bond acceptors (Lipinski definition) is 4. The van der Waals surface area contributed by atoms with Crippen molar-refractivity contribution >= 4 is 21.8 Å². The second-order valence-corrected chi connectivity index (χ2v) is 8.85. The lowest BCUT2D eigenvalue weighted by Crippen LogP contribution is -2.33. The van der Waals surface area contributed by atoms with Gasteiger partial charge in [0.15, 0.2) is 0 Å². The first-order chi connectivity index (χ1) is 11.1. The molecule has 3 rings (SSSR count). The highest BCUT2D eigenvalue weighted by molar-refractivity contribution is 7.99. The van der Waals surface area contributed by atoms with Gasteiger partial charge in [0, 0.05) is 36.5 Å². The minimum atomic E-state index is -3.44. The van der Waals surface area contributed by atoms with Crippen LogP contribution >= 0.6 is 11.8 Å². The molecule has 1 unspecified atom stereocenters. The van der Waals surface area contributed by atoms with Crippen molar-refractivity contribution in [3.63, 3.8) is 0 Å². The summed E-state index contributed by atoms with van der Waals surface area (Å²) >= 11 is 1.84. The van der Waals surface area contributed by atoms with E-state index >= 15 is 0 Å². The average Bonchev–Trinajstić information content (AvgIpc) is 2.83. The quantitative estimate of drug-likeness (QED) is 0.854. The highest BCUT2D eigenvalue weighted by Crippen LogP contribution is 2.36. The molecule has 0 amide bonds. The minimum absolute atomic E-state index is 0.277. The number of hydrogen-bond donors (Lipinski definition) is 0. The van der Waals surface area contributed by atoms with Crippen LogP contribution in [0.4, 0.5) is 0 Å². The molecule has 1 aliphatic heterocycles. The van der Waals surface area contributed by atoms with Crippen LogP contribution < -0.4 is 0 Å². The number of aryl methyl sites for hydroxylation is 1. The molecule has 0 radical (unpaired) electrons. The summed E-state index contributed by atoms with van der Waals surface area (Å²) in [6, 6.07) is 11.6. The van der Waals surface area contributed by atoms with Gasteiger partial charge in [-0.3, -0.25) is 4.98 Å². The van der Waals surface area contributed by atoms with Crippen molar-refractivity contribution < 1.29 is 8.42 Å². The van der Waals surface area contributed by atoms with Crippen LogP contribution in [0.2, 0.25) is 0 Å². The van der Waals surface area contributed by atoms with Gasteiger partial charge in [0.05, 0.1) is 0 Å². The SMILES string of the molecule is Cc1ccccc1C1CCN(S(=O)(=O)c2cccnc2)CCS1. The number of aromatic nitrogens is 1. The van der Waals surface area contributed by atoms with Crippen LogP contribution in [-0.4, -0.2) is 36.5 Å². The van der Waals surface area contributed by atoms with E-state index in [2.05, 4.69) is 30.1 Å². The summed E-state index contributed by atoms with van der Waals surface area (Å²) in [5.41, 5.74) is 2.59. The lowest BCUT2D eigenvalue weighted by Gasteiger charge is -2.20. The van der Waals surface area contributed by atoms with E-state index in [-0.39, 0.29) is 4.90 Å². The molecule has 1 saturated heterocycles. The Bertz CT molecular complexity index is 763. The first-order valence-electron chi connectivity index (χ1n) is 7.66. The van der Waals surface area contributed by atoms with E-state index in [4.69, 9.17) is 0 Å². The topological polar surface area (TPSA) is 50.3 Å². The number of sulfonamides is 1. The highest BCUT2D eigenvalue weighted by atomic mass is 32.2. The van der Waals surface area contributed by atoms with E-state index in [1.807, 2.05) is 17.8 Å². The summed E-state index contributed by atoms with van der Waals surface area (Å²) in [4.78, 5) is 4.21. The smallest absolute Gasteiger partial charge is 0.244 e. The molecule has 1 aromatic heterocycles. The zero-order valence-electron chi connectivity index (χ0n) is 13.1. The molecule has 0 bridgehead atoms. The average molecular weight is 348 g/mol. The molecular weight excluding hydrogens is 328 g/mol. The van der Waals surface area contributed by atoms with E-state index in [0.29, 0.717) is 18.3 Å². The van der Waals surface area contributed by atoms with E-state index in [9.17, 15) is 8.42 Å². The summed E-state index contributed by atoms with van der Waals surface area (Å²) in [6.07, 6.45) is 3.84. The fraction of sp³-hybridized carbons (Fsp3) is 0.353. The van der Waals surface area contributed by atoms with Gasteiger partial charge in [0.1, 0.15) is 4.90 Å². The van der Waals surface area contributed by atoms with E-state index in [0.717, 1.165) is 12.2 Å². The Balaban J connectivity index is 1.78. The normalized spacial score (nSPS) is 20.1. The zero-order valence-corrected chi connectivity index (χ0v) is 14.7. The molecule has 1 fully saturated rings. The first kappa shape index (κ1) is 16.5. The van der Waals surface area contributed by atoms with Crippen molar-refractivity contribution in [2.24, 2.45) is 0 Å². The summed E-state index contributed by atoms with van der Waals surface area (Å²) in [6.45, 7) is 3.21. The number of rotatable bonds is 3. The van der Waals surface area contributed by atoms with Gasteiger partial charge in [-0.05, 0) is 36.6 Å². The molecule has 4 nitrogen and oxygen atoms in total. The molecule has 23 heavy (non-hydrogen) atoms. The molecule has 1 aromatic carbocycles. The van der Waals surface area contributed by atoms with Gasteiger partial charge < -0.3 is 0 Å². The molecule has 2 heterocycles. The second kappa shape index (κ2) is 7.03. The molecule has 0 aliphatic carbocycles. The van der Waals surface area contributed by atoms with Gasteiger partial charge in [0.2, 0.25) is 10.0 Å². The van der Waals surface area contributed by atoms with Crippen molar-refractivity contribution in [2.45, 2.75) is 23.5 Å². The summed E-state index contributed by atoms with van der Waals surface area (Å²) in [7, 11) is -3.44. The maximum absolute atomic E-state index is 12.7. The third-order valence-electron chi connectivity index (χ3n) is 4.11. The second-order valence-electron chi connectivity index (χ2n) is 5.60. The largest absolute Gasteiger partial charge is 0.263 e. The number of pyridine rings is 1. The monoisotopic (exact) mass is 348 g/mol. The highest BCUT2D eigenvalue weighted by Gasteiger charge is 2.28. The molecule has 122 valence electrons. The Hall–Kier alpha value is -1.37. The van der Waals surface area contributed by atoms with Gasteiger partial charge in [-0.25, -0.2) is 8.42 Å². The number of thioether (sulfide) groups is 1. The van der Waals surface area contributed by atoms with Crippen molar-refractivity contribution in [1.29, 1.82) is 0 Å². The lowest BCUT2D eigenvalue weighted by molar-refractivity contribution is 0.428. The standard InChI is InChI=1S/C17H20N2O2S2/c1-14-5-2-3-7-16(14)17-8-10-19(11-12-22-17)23(20,21)15-6-4-9-18-13-15/h2-7,9,13,17H,8,10-12H2,1H3. The van der Waals surface area contributed by atoms with Crippen molar-refractivity contribution in [3.05, 3.63) is 59.9 Å². The Morgan fingerprint density at radius 2 is 2.00 bits per heavy atom.